The maximum atomic E-state index is 13.4. The van der Waals surface area contributed by atoms with Crippen LogP contribution in [0.1, 0.15) is 17.0 Å². The molecule has 11 nitrogen and oxygen atoms in total. The zero-order chi connectivity index (χ0) is 30.5. The van der Waals surface area contributed by atoms with E-state index in [0.29, 0.717) is 28.6 Å². The Labute approximate surface area is 247 Å². The van der Waals surface area contributed by atoms with Gasteiger partial charge in [0.15, 0.2) is 0 Å². The number of benzene rings is 2. The number of nitrogens with one attached hydrogen (secondary N) is 1. The van der Waals surface area contributed by atoms with E-state index in [4.69, 9.17) is 15.2 Å². The summed E-state index contributed by atoms with van der Waals surface area (Å²) in [5.74, 6) is -2.30. The molecule has 3 heterocycles. The topological polar surface area (TPSA) is 156 Å². The number of aromatic nitrogens is 3. The first kappa shape index (κ1) is 28.5. The number of allylic oxidation sites excluding steroid dienone is 1. The number of pyridine rings is 1. The van der Waals surface area contributed by atoms with Gasteiger partial charge in [-0.05, 0) is 48.4 Å². The molecule has 0 spiro atoms. The monoisotopic (exact) mass is 573 g/mol. The van der Waals surface area contributed by atoms with Gasteiger partial charge in [-0.2, -0.15) is 5.26 Å². The van der Waals surface area contributed by atoms with E-state index in [1.165, 1.54) is 19.1 Å². The zero-order valence-electron chi connectivity index (χ0n) is 23.6. The van der Waals surface area contributed by atoms with Crippen molar-refractivity contribution in [1.29, 1.82) is 5.26 Å². The van der Waals surface area contributed by atoms with Crippen molar-refractivity contribution in [1.82, 2.24) is 15.0 Å². The van der Waals surface area contributed by atoms with Crippen molar-refractivity contribution in [3.05, 3.63) is 119 Å². The molecule has 0 saturated heterocycles. The van der Waals surface area contributed by atoms with Gasteiger partial charge in [-0.1, -0.05) is 36.4 Å². The van der Waals surface area contributed by atoms with Gasteiger partial charge >= 0.3 is 11.9 Å². The molecule has 1 unspecified atom stereocenters. The van der Waals surface area contributed by atoms with Crippen LogP contribution >= 0.6 is 0 Å². The van der Waals surface area contributed by atoms with E-state index in [1.54, 1.807) is 73.2 Å². The molecule has 214 valence electrons. The lowest BCUT2D eigenvalue weighted by Gasteiger charge is -2.36. The van der Waals surface area contributed by atoms with Crippen molar-refractivity contribution in [2.45, 2.75) is 12.8 Å². The van der Waals surface area contributed by atoms with Gasteiger partial charge in [-0.25, -0.2) is 19.6 Å². The maximum Gasteiger partial charge on any atom is 0.355 e. The largest absolute Gasteiger partial charge is 0.466 e. The standard InChI is InChI=1S/C32H27N7O4/c1-19-11-12-22(16-25(19)38-32-36-15-13-24(37-32)21-10-7-14-35-18-21)39-28(31(41)43-3)27(30(40)42-2)26(23(17-33)29(39)34)20-8-5-4-6-9-20/h4-16,18,26H,34H2,1-3H3,(H,36,37,38). The van der Waals surface area contributed by atoms with E-state index in [1.807, 2.05) is 19.1 Å². The van der Waals surface area contributed by atoms with E-state index in [9.17, 15) is 14.9 Å². The third-order valence-electron chi connectivity index (χ3n) is 6.95. The molecular formula is C32H27N7O4. The van der Waals surface area contributed by atoms with Crippen LogP contribution < -0.4 is 16.0 Å². The second-order valence-corrected chi connectivity index (χ2v) is 9.47. The second kappa shape index (κ2) is 12.2. The summed E-state index contributed by atoms with van der Waals surface area (Å²) >= 11 is 0. The van der Waals surface area contributed by atoms with Crippen molar-refractivity contribution in [3.8, 4) is 17.3 Å². The smallest absolute Gasteiger partial charge is 0.355 e. The van der Waals surface area contributed by atoms with Gasteiger partial charge in [0.05, 0.1) is 43.0 Å². The number of hydrogen-bond donors (Lipinski definition) is 2. The maximum absolute atomic E-state index is 13.4. The van der Waals surface area contributed by atoms with E-state index in [0.717, 1.165) is 11.1 Å². The Hall–Kier alpha value is -6.02. The van der Waals surface area contributed by atoms with Gasteiger partial charge in [0, 0.05) is 35.5 Å². The minimum atomic E-state index is -0.962. The number of anilines is 3. The molecule has 11 heteroatoms. The first-order chi connectivity index (χ1) is 20.9. The third kappa shape index (κ3) is 5.49. The number of aryl methyl sites for hydroxylation is 1. The highest BCUT2D eigenvalue weighted by Crippen LogP contribution is 2.43. The van der Waals surface area contributed by atoms with Crippen LogP contribution in [0.15, 0.2) is 108 Å². The number of esters is 2. The Morgan fingerprint density at radius 1 is 1.00 bits per heavy atom. The van der Waals surface area contributed by atoms with E-state index >= 15 is 0 Å². The minimum Gasteiger partial charge on any atom is -0.466 e. The quantitative estimate of drug-likeness (QED) is 0.300. The van der Waals surface area contributed by atoms with Crippen molar-refractivity contribution < 1.29 is 19.1 Å². The molecule has 0 radical (unpaired) electrons. The average Bonchev–Trinajstić information content (AvgIpc) is 3.05. The Morgan fingerprint density at radius 2 is 1.77 bits per heavy atom. The molecule has 5 rings (SSSR count). The summed E-state index contributed by atoms with van der Waals surface area (Å²) in [6.07, 6.45) is 5.02. The van der Waals surface area contributed by atoms with Gasteiger partial charge in [0.2, 0.25) is 5.95 Å². The van der Waals surface area contributed by atoms with Crippen LogP contribution in [0.25, 0.3) is 11.3 Å². The number of hydrogen-bond acceptors (Lipinski definition) is 11. The number of carbonyl (C=O) groups excluding carboxylic acids is 2. The van der Waals surface area contributed by atoms with Crippen molar-refractivity contribution >= 4 is 29.3 Å². The molecular weight excluding hydrogens is 546 g/mol. The van der Waals surface area contributed by atoms with Crippen LogP contribution in [-0.4, -0.2) is 41.1 Å². The molecule has 1 aliphatic rings. The van der Waals surface area contributed by atoms with Crippen LogP contribution in [0.5, 0.6) is 0 Å². The average molecular weight is 574 g/mol. The molecule has 4 aromatic rings. The molecule has 0 bridgehead atoms. The van der Waals surface area contributed by atoms with Crippen LogP contribution in [-0.2, 0) is 19.1 Å². The summed E-state index contributed by atoms with van der Waals surface area (Å²) in [5.41, 5.74) is 10.4. The van der Waals surface area contributed by atoms with Crippen LogP contribution in [0.4, 0.5) is 17.3 Å². The normalized spacial score (nSPS) is 14.7. The highest BCUT2D eigenvalue weighted by Gasteiger charge is 2.43. The predicted molar refractivity (Wildman–Crippen MR) is 159 cm³/mol. The molecule has 1 atom stereocenters. The molecule has 3 N–H and O–H groups in total. The number of carbonyl (C=O) groups is 2. The number of nitrogens with two attached hydrogens (primary N) is 1. The number of rotatable bonds is 7. The summed E-state index contributed by atoms with van der Waals surface area (Å²) in [6, 6.07) is 21.7. The van der Waals surface area contributed by atoms with Crippen molar-refractivity contribution in [2.75, 3.05) is 24.4 Å². The SMILES string of the molecule is COC(=O)C1=C(C(=O)OC)N(c2ccc(C)c(Nc3nccc(-c4cccnc4)n3)c2)C(N)=C(C#N)C1c1ccccc1. The lowest BCUT2D eigenvalue weighted by Crippen LogP contribution is -2.40. The predicted octanol–water partition coefficient (Wildman–Crippen LogP) is 4.49. The highest BCUT2D eigenvalue weighted by atomic mass is 16.5. The molecule has 43 heavy (non-hydrogen) atoms. The van der Waals surface area contributed by atoms with Gasteiger partial charge in [-0.15, -0.1) is 0 Å². The zero-order valence-corrected chi connectivity index (χ0v) is 23.6. The van der Waals surface area contributed by atoms with E-state index in [-0.39, 0.29) is 22.7 Å². The minimum absolute atomic E-state index is 0.0333. The Balaban J connectivity index is 1.65. The van der Waals surface area contributed by atoms with Crippen molar-refractivity contribution in [3.63, 3.8) is 0 Å². The molecule has 2 aromatic carbocycles. The lowest BCUT2D eigenvalue weighted by molar-refractivity contribution is -0.139. The Morgan fingerprint density at radius 3 is 2.44 bits per heavy atom. The first-order valence-electron chi connectivity index (χ1n) is 13.1. The van der Waals surface area contributed by atoms with Gasteiger partial charge in [0.25, 0.3) is 0 Å². The lowest BCUT2D eigenvalue weighted by atomic mass is 9.81. The Kier molecular flexibility index (Phi) is 8.11. The summed E-state index contributed by atoms with van der Waals surface area (Å²) in [6.45, 7) is 1.88. The van der Waals surface area contributed by atoms with Gasteiger partial charge < -0.3 is 20.5 Å². The van der Waals surface area contributed by atoms with E-state index in [2.05, 4.69) is 26.3 Å². The summed E-state index contributed by atoms with van der Waals surface area (Å²) in [4.78, 5) is 41.2. The third-order valence-corrected chi connectivity index (χ3v) is 6.95. The molecule has 1 aliphatic heterocycles. The van der Waals surface area contributed by atoms with E-state index < -0.39 is 17.9 Å². The summed E-state index contributed by atoms with van der Waals surface area (Å²) in [5, 5.41) is 13.5. The number of methoxy groups -OCH3 is 2. The summed E-state index contributed by atoms with van der Waals surface area (Å²) in [7, 11) is 2.41. The highest BCUT2D eigenvalue weighted by molar-refractivity contribution is 6.06. The fourth-order valence-electron chi connectivity index (χ4n) is 4.88. The molecule has 0 amide bonds. The van der Waals surface area contributed by atoms with Crippen LogP contribution in [0, 0.1) is 18.3 Å². The number of ether oxygens (including phenoxy) is 2. The summed E-state index contributed by atoms with van der Waals surface area (Å²) < 4.78 is 10.2. The van der Waals surface area contributed by atoms with Gasteiger partial charge in [-0.3, -0.25) is 9.88 Å². The van der Waals surface area contributed by atoms with Crippen LogP contribution in [0.2, 0.25) is 0 Å². The fourth-order valence-corrected chi connectivity index (χ4v) is 4.88. The molecule has 0 saturated carbocycles. The number of nitriles is 1. The van der Waals surface area contributed by atoms with Crippen molar-refractivity contribution in [2.24, 2.45) is 5.73 Å². The van der Waals surface area contributed by atoms with Crippen LogP contribution in [0.3, 0.4) is 0 Å². The first-order valence-corrected chi connectivity index (χ1v) is 13.1. The fraction of sp³-hybridized carbons (Fsp3) is 0.125. The molecule has 0 aliphatic carbocycles. The number of nitrogens with zero attached hydrogens (tertiary/aromatic N) is 5. The molecule has 0 fully saturated rings. The second-order valence-electron chi connectivity index (χ2n) is 9.47. The molecule has 2 aromatic heterocycles. The van der Waals surface area contributed by atoms with Gasteiger partial charge in [0.1, 0.15) is 11.5 Å². The Bertz CT molecular complexity index is 1800.